The molecule has 0 radical (unpaired) electrons. The molecule has 2 heterocycles. The predicted octanol–water partition coefficient (Wildman–Crippen LogP) is 2.03. The lowest BCUT2D eigenvalue weighted by Crippen LogP contribution is -2.27. The molecule has 1 aliphatic rings. The van der Waals surface area contributed by atoms with Crippen molar-refractivity contribution in [3.63, 3.8) is 0 Å². The summed E-state index contributed by atoms with van der Waals surface area (Å²) in [6.07, 6.45) is 0. The average Bonchev–Trinajstić information content (AvgIpc) is 2.82. The lowest BCUT2D eigenvalue weighted by atomic mass is 10.3. The molecule has 0 spiro atoms. The molecule has 1 aromatic heterocycles. The van der Waals surface area contributed by atoms with Crippen LogP contribution in [0.25, 0.3) is 10.2 Å². The molecule has 1 aromatic carbocycles. The number of fused-ring (bicyclic) bond motifs is 1. The van der Waals surface area contributed by atoms with E-state index in [0.717, 1.165) is 22.9 Å². The summed E-state index contributed by atoms with van der Waals surface area (Å²) in [5.74, 6) is 0.948. The smallest absolute Gasteiger partial charge is 0.159 e. The first-order chi connectivity index (χ1) is 7.33. The largest absolute Gasteiger partial charge is 0.364 e. The van der Waals surface area contributed by atoms with Gasteiger partial charge in [0.25, 0.3) is 0 Å². The van der Waals surface area contributed by atoms with Crippen LogP contribution in [0.15, 0.2) is 29.3 Å². The summed E-state index contributed by atoms with van der Waals surface area (Å²) in [5, 5.41) is 4.33. The Balaban J connectivity index is 2.05. The molecular formula is C11H11N3S. The van der Waals surface area contributed by atoms with Crippen LogP contribution in [0.5, 0.6) is 0 Å². The fourth-order valence-electron chi connectivity index (χ4n) is 1.66. The number of thiazole rings is 1. The maximum atomic E-state index is 4.55. The number of hydrogen-bond acceptors (Lipinski definition) is 4. The van der Waals surface area contributed by atoms with E-state index in [0.29, 0.717) is 6.04 Å². The lowest BCUT2D eigenvalue weighted by molar-refractivity contribution is 0.726. The zero-order chi connectivity index (χ0) is 10.3. The Morgan fingerprint density at radius 2 is 2.27 bits per heavy atom. The van der Waals surface area contributed by atoms with E-state index >= 15 is 0 Å². The van der Waals surface area contributed by atoms with Gasteiger partial charge in [0.2, 0.25) is 0 Å². The normalized spacial score (nSPS) is 20.3. The van der Waals surface area contributed by atoms with Gasteiger partial charge in [0.1, 0.15) is 0 Å². The van der Waals surface area contributed by atoms with E-state index in [2.05, 4.69) is 28.3 Å². The van der Waals surface area contributed by atoms with Gasteiger partial charge in [-0.2, -0.15) is 0 Å². The van der Waals surface area contributed by atoms with E-state index in [9.17, 15) is 0 Å². The van der Waals surface area contributed by atoms with Crippen molar-refractivity contribution in [3.05, 3.63) is 29.3 Å². The molecule has 15 heavy (non-hydrogen) atoms. The molecule has 76 valence electrons. The zero-order valence-electron chi connectivity index (χ0n) is 8.40. The molecule has 4 heteroatoms. The minimum atomic E-state index is 0.437. The summed E-state index contributed by atoms with van der Waals surface area (Å²) in [6, 6.07) is 8.62. The third-order valence-corrected chi connectivity index (χ3v) is 3.45. The SMILES string of the molecule is CC1CN=C(c2nc3ccccc3s2)N1. The third kappa shape index (κ3) is 1.51. The second-order valence-corrected chi connectivity index (χ2v) is 4.75. The van der Waals surface area contributed by atoms with E-state index in [4.69, 9.17) is 0 Å². The average molecular weight is 217 g/mol. The topological polar surface area (TPSA) is 37.3 Å². The standard InChI is InChI=1S/C11H11N3S/c1-7-6-12-10(13-7)11-14-8-4-2-3-5-9(8)15-11/h2-5,7H,6H2,1H3,(H,12,13). The highest BCUT2D eigenvalue weighted by atomic mass is 32.1. The first-order valence-corrected chi connectivity index (χ1v) is 5.81. The first kappa shape index (κ1) is 8.85. The van der Waals surface area contributed by atoms with Crippen molar-refractivity contribution in [3.8, 4) is 0 Å². The second-order valence-electron chi connectivity index (χ2n) is 3.72. The van der Waals surface area contributed by atoms with Crippen molar-refractivity contribution in [1.82, 2.24) is 10.3 Å². The number of hydrogen-bond donors (Lipinski definition) is 1. The van der Waals surface area contributed by atoms with Crippen molar-refractivity contribution in [2.24, 2.45) is 4.99 Å². The zero-order valence-corrected chi connectivity index (χ0v) is 9.21. The minimum absolute atomic E-state index is 0.437. The van der Waals surface area contributed by atoms with Gasteiger partial charge in [-0.15, -0.1) is 11.3 Å². The summed E-state index contributed by atoms with van der Waals surface area (Å²) < 4.78 is 1.22. The van der Waals surface area contributed by atoms with Gasteiger partial charge in [0.15, 0.2) is 10.8 Å². The lowest BCUT2D eigenvalue weighted by Gasteiger charge is -2.01. The number of nitrogens with one attached hydrogen (secondary N) is 1. The molecule has 3 rings (SSSR count). The summed E-state index contributed by atoms with van der Waals surface area (Å²) in [6.45, 7) is 2.98. The molecule has 3 nitrogen and oxygen atoms in total. The minimum Gasteiger partial charge on any atom is -0.364 e. The van der Waals surface area contributed by atoms with E-state index in [1.165, 1.54) is 4.70 Å². The van der Waals surface area contributed by atoms with Crippen LogP contribution in [0.3, 0.4) is 0 Å². The maximum Gasteiger partial charge on any atom is 0.159 e. The molecule has 0 aliphatic carbocycles. The van der Waals surface area contributed by atoms with Gasteiger partial charge in [-0.05, 0) is 19.1 Å². The van der Waals surface area contributed by atoms with Gasteiger partial charge in [0.05, 0.1) is 16.8 Å². The Hall–Kier alpha value is -1.42. The van der Waals surface area contributed by atoms with Crippen LogP contribution in [-0.2, 0) is 0 Å². The van der Waals surface area contributed by atoms with Crippen LogP contribution in [-0.4, -0.2) is 23.4 Å². The first-order valence-electron chi connectivity index (χ1n) is 5.00. The van der Waals surface area contributed by atoms with Crippen molar-refractivity contribution < 1.29 is 0 Å². The monoisotopic (exact) mass is 217 g/mol. The summed E-state index contributed by atoms with van der Waals surface area (Å²) in [5.41, 5.74) is 1.06. The van der Waals surface area contributed by atoms with Crippen LogP contribution >= 0.6 is 11.3 Å². The molecule has 0 saturated carbocycles. The summed E-state index contributed by atoms with van der Waals surface area (Å²) >= 11 is 1.69. The Kier molecular flexibility index (Phi) is 1.95. The molecule has 0 amide bonds. The molecule has 1 unspecified atom stereocenters. The number of aromatic nitrogens is 1. The van der Waals surface area contributed by atoms with Crippen molar-refractivity contribution in [2.45, 2.75) is 13.0 Å². The number of para-hydroxylation sites is 1. The van der Waals surface area contributed by atoms with E-state index in [-0.39, 0.29) is 0 Å². The van der Waals surface area contributed by atoms with Crippen molar-refractivity contribution in [1.29, 1.82) is 0 Å². The van der Waals surface area contributed by atoms with Crippen molar-refractivity contribution in [2.75, 3.05) is 6.54 Å². The van der Waals surface area contributed by atoms with Crippen LogP contribution < -0.4 is 5.32 Å². The number of aliphatic imine (C=N–C) groups is 1. The highest BCUT2D eigenvalue weighted by Gasteiger charge is 2.17. The number of benzene rings is 1. The molecule has 1 N–H and O–H groups in total. The molecule has 0 bridgehead atoms. The van der Waals surface area contributed by atoms with E-state index < -0.39 is 0 Å². The molecular weight excluding hydrogens is 206 g/mol. The highest BCUT2D eigenvalue weighted by Crippen LogP contribution is 2.22. The van der Waals surface area contributed by atoms with Crippen LogP contribution in [0.4, 0.5) is 0 Å². The Morgan fingerprint density at radius 3 is 3.00 bits per heavy atom. The summed E-state index contributed by atoms with van der Waals surface area (Å²) in [4.78, 5) is 8.99. The molecule has 2 aromatic rings. The summed E-state index contributed by atoms with van der Waals surface area (Å²) in [7, 11) is 0. The van der Waals surface area contributed by atoms with E-state index in [1.54, 1.807) is 11.3 Å². The maximum absolute atomic E-state index is 4.55. The predicted molar refractivity (Wildman–Crippen MR) is 63.6 cm³/mol. The fourth-order valence-corrected chi connectivity index (χ4v) is 2.59. The second kappa shape index (κ2) is 3.31. The van der Waals surface area contributed by atoms with Gasteiger partial charge in [-0.25, -0.2) is 4.98 Å². The highest BCUT2D eigenvalue weighted by molar-refractivity contribution is 7.20. The Bertz CT molecular complexity index is 496. The van der Waals surface area contributed by atoms with Crippen LogP contribution in [0.2, 0.25) is 0 Å². The molecule has 1 aliphatic heterocycles. The van der Waals surface area contributed by atoms with Gasteiger partial charge in [-0.1, -0.05) is 12.1 Å². The molecule has 0 fully saturated rings. The van der Waals surface area contributed by atoms with Crippen LogP contribution in [0.1, 0.15) is 11.9 Å². The fraction of sp³-hybridized carbons (Fsp3) is 0.273. The third-order valence-electron chi connectivity index (χ3n) is 2.40. The van der Waals surface area contributed by atoms with E-state index in [1.807, 2.05) is 18.2 Å². The van der Waals surface area contributed by atoms with Gasteiger partial charge >= 0.3 is 0 Å². The molecule has 0 saturated heterocycles. The molecule has 1 atom stereocenters. The number of amidine groups is 1. The van der Waals surface area contributed by atoms with Gasteiger partial charge in [-0.3, -0.25) is 4.99 Å². The number of nitrogens with zero attached hydrogens (tertiary/aromatic N) is 2. The Labute approximate surface area is 91.9 Å². The quantitative estimate of drug-likeness (QED) is 0.793. The Morgan fingerprint density at radius 1 is 1.40 bits per heavy atom. The van der Waals surface area contributed by atoms with Gasteiger partial charge in [0, 0.05) is 6.04 Å². The number of rotatable bonds is 1. The van der Waals surface area contributed by atoms with Gasteiger partial charge < -0.3 is 5.32 Å². The van der Waals surface area contributed by atoms with Crippen LogP contribution in [0, 0.1) is 0 Å². The van der Waals surface area contributed by atoms with Crippen molar-refractivity contribution >= 4 is 27.4 Å².